The van der Waals surface area contributed by atoms with E-state index in [9.17, 15) is 13.2 Å². The van der Waals surface area contributed by atoms with Gasteiger partial charge in [0.15, 0.2) is 0 Å². The Morgan fingerprint density at radius 2 is 1.48 bits per heavy atom. The second-order valence-electron chi connectivity index (χ2n) is 8.11. The number of hydrogen-bond donors (Lipinski definition) is 0. The zero-order chi connectivity index (χ0) is 16.9. The van der Waals surface area contributed by atoms with Gasteiger partial charge in [0.2, 0.25) is 0 Å². The van der Waals surface area contributed by atoms with Crippen LogP contribution in [-0.2, 0) is 4.74 Å². The third kappa shape index (κ3) is 10.2. The highest BCUT2D eigenvalue weighted by Gasteiger charge is 2.31. The van der Waals surface area contributed by atoms with Gasteiger partial charge in [0.05, 0.1) is 6.10 Å². The van der Waals surface area contributed by atoms with E-state index in [0.717, 1.165) is 12.8 Å². The summed E-state index contributed by atoms with van der Waals surface area (Å²) in [7, 11) is 0. The zero-order valence-electron chi connectivity index (χ0n) is 14.7. The van der Waals surface area contributed by atoms with Crippen LogP contribution in [0.2, 0.25) is 0 Å². The van der Waals surface area contributed by atoms with E-state index < -0.39 is 12.8 Å². The van der Waals surface area contributed by atoms with Gasteiger partial charge in [-0.25, -0.2) is 0 Å². The molecule has 0 rings (SSSR count). The summed E-state index contributed by atoms with van der Waals surface area (Å²) in [6.07, 6.45) is -1.36. The Hall–Kier alpha value is -0.250. The van der Waals surface area contributed by atoms with Crippen LogP contribution in [0.25, 0.3) is 0 Å². The molecule has 0 heterocycles. The SMILES string of the molecule is CCC(C)(C)CC(CCC(C)C(C)(C)C)OCC(F)(F)F. The van der Waals surface area contributed by atoms with Crippen LogP contribution < -0.4 is 0 Å². The van der Waals surface area contributed by atoms with Crippen LogP contribution in [-0.4, -0.2) is 18.9 Å². The third-order valence-electron chi connectivity index (χ3n) is 4.62. The number of ether oxygens (including phenoxy) is 1. The van der Waals surface area contributed by atoms with Gasteiger partial charge in [0, 0.05) is 0 Å². The van der Waals surface area contributed by atoms with Crippen molar-refractivity contribution < 1.29 is 17.9 Å². The van der Waals surface area contributed by atoms with E-state index in [1.54, 1.807) is 0 Å². The Morgan fingerprint density at radius 3 is 1.86 bits per heavy atom. The summed E-state index contributed by atoms with van der Waals surface area (Å²) in [4.78, 5) is 0. The van der Waals surface area contributed by atoms with E-state index in [4.69, 9.17) is 4.74 Å². The van der Waals surface area contributed by atoms with E-state index >= 15 is 0 Å². The average molecular weight is 310 g/mol. The molecule has 0 aliphatic rings. The molecule has 128 valence electrons. The summed E-state index contributed by atoms with van der Waals surface area (Å²) >= 11 is 0. The second kappa shape index (κ2) is 7.85. The maximum Gasteiger partial charge on any atom is 0.411 e. The Kier molecular flexibility index (Phi) is 7.75. The number of halogens is 3. The molecule has 0 amide bonds. The molecule has 0 aromatic rings. The standard InChI is InChI=1S/C17H33F3O/c1-8-16(6,7)11-14(21-12-17(18,19)20)10-9-13(2)15(3,4)5/h13-14H,8-12H2,1-7H3. The van der Waals surface area contributed by atoms with Crippen molar-refractivity contribution in [1.82, 2.24) is 0 Å². The Morgan fingerprint density at radius 1 is 0.952 bits per heavy atom. The highest BCUT2D eigenvalue weighted by molar-refractivity contribution is 4.76. The van der Waals surface area contributed by atoms with Crippen molar-refractivity contribution in [2.45, 2.75) is 86.4 Å². The van der Waals surface area contributed by atoms with Crippen molar-refractivity contribution in [2.24, 2.45) is 16.7 Å². The predicted molar refractivity (Wildman–Crippen MR) is 82.3 cm³/mol. The van der Waals surface area contributed by atoms with E-state index in [0.29, 0.717) is 18.8 Å². The summed E-state index contributed by atoms with van der Waals surface area (Å²) in [5.41, 5.74) is 0.191. The van der Waals surface area contributed by atoms with E-state index in [1.165, 1.54) is 0 Å². The molecule has 0 aliphatic carbocycles. The molecule has 21 heavy (non-hydrogen) atoms. The van der Waals surface area contributed by atoms with Crippen LogP contribution in [0.4, 0.5) is 13.2 Å². The highest BCUT2D eigenvalue weighted by Crippen LogP contribution is 2.34. The van der Waals surface area contributed by atoms with Gasteiger partial charge in [-0.05, 0) is 36.0 Å². The van der Waals surface area contributed by atoms with Crippen molar-refractivity contribution in [2.75, 3.05) is 6.61 Å². The van der Waals surface area contributed by atoms with Gasteiger partial charge in [0.25, 0.3) is 0 Å². The molecule has 0 aromatic carbocycles. The van der Waals surface area contributed by atoms with Gasteiger partial charge < -0.3 is 4.74 Å². The lowest BCUT2D eigenvalue weighted by molar-refractivity contribution is -0.189. The number of alkyl halides is 3. The first-order chi connectivity index (χ1) is 9.27. The molecule has 4 heteroatoms. The highest BCUT2D eigenvalue weighted by atomic mass is 19.4. The molecule has 1 nitrogen and oxygen atoms in total. The van der Waals surface area contributed by atoms with Crippen molar-refractivity contribution in [3.8, 4) is 0 Å². The fourth-order valence-corrected chi connectivity index (χ4v) is 2.09. The maximum atomic E-state index is 12.4. The molecule has 0 radical (unpaired) electrons. The molecule has 0 fully saturated rings. The van der Waals surface area contributed by atoms with E-state index in [-0.39, 0.29) is 16.9 Å². The second-order valence-corrected chi connectivity index (χ2v) is 8.11. The number of rotatable bonds is 8. The first-order valence-corrected chi connectivity index (χ1v) is 7.95. The normalized spacial score (nSPS) is 16.9. The van der Waals surface area contributed by atoms with Gasteiger partial charge in [-0.15, -0.1) is 0 Å². The zero-order valence-corrected chi connectivity index (χ0v) is 14.7. The Labute approximate surface area is 128 Å². The Balaban J connectivity index is 4.58. The molecule has 0 N–H and O–H groups in total. The van der Waals surface area contributed by atoms with Crippen molar-refractivity contribution >= 4 is 0 Å². The largest absolute Gasteiger partial charge is 0.411 e. The topological polar surface area (TPSA) is 9.23 Å². The summed E-state index contributed by atoms with van der Waals surface area (Å²) in [6.45, 7) is 13.8. The van der Waals surface area contributed by atoms with Crippen LogP contribution in [0.15, 0.2) is 0 Å². The summed E-state index contributed by atoms with van der Waals surface area (Å²) < 4.78 is 42.4. The summed E-state index contributed by atoms with van der Waals surface area (Å²) in [6, 6.07) is 0. The van der Waals surface area contributed by atoms with Crippen LogP contribution >= 0.6 is 0 Å². The van der Waals surface area contributed by atoms with Crippen molar-refractivity contribution in [3.63, 3.8) is 0 Å². The smallest absolute Gasteiger partial charge is 0.369 e. The minimum absolute atomic E-state index is 0.0151. The fraction of sp³-hybridized carbons (Fsp3) is 1.00. The van der Waals surface area contributed by atoms with Gasteiger partial charge in [-0.1, -0.05) is 54.9 Å². The number of hydrogen-bond acceptors (Lipinski definition) is 1. The molecule has 0 saturated carbocycles. The van der Waals surface area contributed by atoms with Crippen molar-refractivity contribution in [3.05, 3.63) is 0 Å². The molecular weight excluding hydrogens is 277 g/mol. The molecule has 0 aliphatic heterocycles. The lowest BCUT2D eigenvalue weighted by Gasteiger charge is -2.32. The first kappa shape index (κ1) is 20.8. The Bertz CT molecular complexity index is 289. The van der Waals surface area contributed by atoms with Crippen molar-refractivity contribution in [1.29, 1.82) is 0 Å². The minimum atomic E-state index is -4.25. The summed E-state index contributed by atoms with van der Waals surface area (Å²) in [5, 5.41) is 0. The van der Waals surface area contributed by atoms with Crippen LogP contribution in [0.3, 0.4) is 0 Å². The van der Waals surface area contributed by atoms with Gasteiger partial charge in [0.1, 0.15) is 6.61 Å². The van der Waals surface area contributed by atoms with Gasteiger partial charge in [-0.3, -0.25) is 0 Å². The molecule has 0 bridgehead atoms. The molecular formula is C17H33F3O. The monoisotopic (exact) mass is 310 g/mol. The molecule has 0 spiro atoms. The fourth-order valence-electron chi connectivity index (χ4n) is 2.09. The molecule has 0 aromatic heterocycles. The predicted octanol–water partition coefficient (Wildman–Crippen LogP) is 6.22. The van der Waals surface area contributed by atoms with Crippen LogP contribution in [0.5, 0.6) is 0 Å². The lowest BCUT2D eigenvalue weighted by Crippen LogP contribution is -2.29. The van der Waals surface area contributed by atoms with Crippen LogP contribution in [0.1, 0.15) is 74.1 Å². The quantitative estimate of drug-likeness (QED) is 0.517. The average Bonchev–Trinajstić information content (AvgIpc) is 2.29. The van der Waals surface area contributed by atoms with Crippen LogP contribution in [0, 0.1) is 16.7 Å². The minimum Gasteiger partial charge on any atom is -0.369 e. The van der Waals surface area contributed by atoms with E-state index in [1.807, 2.05) is 0 Å². The third-order valence-corrected chi connectivity index (χ3v) is 4.62. The summed E-state index contributed by atoms with van der Waals surface area (Å²) in [5.74, 6) is 0.458. The van der Waals surface area contributed by atoms with Gasteiger partial charge in [-0.2, -0.15) is 13.2 Å². The van der Waals surface area contributed by atoms with E-state index in [2.05, 4.69) is 48.5 Å². The molecule has 2 atom stereocenters. The first-order valence-electron chi connectivity index (χ1n) is 7.95. The molecule has 2 unspecified atom stereocenters. The van der Waals surface area contributed by atoms with Gasteiger partial charge >= 0.3 is 6.18 Å². The maximum absolute atomic E-state index is 12.4. The lowest BCUT2D eigenvalue weighted by atomic mass is 9.77. The molecule has 0 saturated heterocycles.